The van der Waals surface area contributed by atoms with Crippen LogP contribution in [0, 0.1) is 45.8 Å². The number of azide groups is 1. The molecule has 0 saturated heterocycles. The largest absolute Gasteiger partial charge is 0.0900 e. The molecule has 7 fully saturated rings. The second kappa shape index (κ2) is 3.86. The molecule has 5 atom stereocenters. The molecule has 0 heterocycles. The Morgan fingerprint density at radius 2 is 1.59 bits per heavy atom. The molecular formula is C19H29N3. The van der Waals surface area contributed by atoms with E-state index in [-0.39, 0.29) is 6.04 Å². The molecule has 3 nitrogen and oxygen atoms in total. The van der Waals surface area contributed by atoms with Gasteiger partial charge in [0.1, 0.15) is 0 Å². The minimum Gasteiger partial charge on any atom is -0.0900 e. The lowest BCUT2D eigenvalue weighted by Crippen LogP contribution is -2.73. The van der Waals surface area contributed by atoms with Crippen LogP contribution in [0.1, 0.15) is 65.7 Å². The SMILES string of the molecule is CCC(N=[N+]=[N-])C12CC3(C)CC4C5CC(C)(CC41)CC2C5C3. The van der Waals surface area contributed by atoms with Gasteiger partial charge in [0.15, 0.2) is 0 Å². The molecule has 3 heteroatoms. The Balaban J connectivity index is 1.70. The molecule has 5 unspecified atom stereocenters. The normalized spacial score (nSPS) is 61.3. The first kappa shape index (κ1) is 13.7. The van der Waals surface area contributed by atoms with E-state index in [2.05, 4.69) is 30.8 Å². The average Bonchev–Trinajstić information content (AvgIpc) is 2.47. The third-order valence-corrected chi connectivity index (χ3v) is 9.06. The van der Waals surface area contributed by atoms with Gasteiger partial charge in [0.05, 0.1) is 0 Å². The van der Waals surface area contributed by atoms with Crippen LogP contribution in [0.2, 0.25) is 0 Å². The lowest BCUT2D eigenvalue weighted by atomic mass is 9.25. The van der Waals surface area contributed by atoms with E-state index in [0.717, 1.165) is 36.0 Å². The fourth-order valence-corrected chi connectivity index (χ4v) is 9.05. The Morgan fingerprint density at radius 3 is 2.14 bits per heavy atom. The minimum atomic E-state index is 0.251. The molecule has 120 valence electrons. The number of hydrogen-bond donors (Lipinski definition) is 0. The summed E-state index contributed by atoms with van der Waals surface area (Å²) in [5, 5.41) is 4.39. The average molecular weight is 299 g/mol. The van der Waals surface area contributed by atoms with Crippen molar-refractivity contribution < 1.29 is 0 Å². The maximum atomic E-state index is 9.17. The molecule has 22 heavy (non-hydrogen) atoms. The van der Waals surface area contributed by atoms with Crippen LogP contribution in [-0.4, -0.2) is 6.04 Å². The summed E-state index contributed by atoms with van der Waals surface area (Å²) in [5.41, 5.74) is 10.7. The first-order valence-corrected chi connectivity index (χ1v) is 9.49. The molecule has 7 saturated carbocycles. The van der Waals surface area contributed by atoms with Gasteiger partial charge >= 0.3 is 0 Å². The lowest BCUT2D eigenvalue weighted by molar-refractivity contribution is -0.302. The predicted molar refractivity (Wildman–Crippen MR) is 87.0 cm³/mol. The van der Waals surface area contributed by atoms with Crippen LogP contribution in [0.25, 0.3) is 10.4 Å². The molecule has 0 amide bonds. The fraction of sp³-hybridized carbons (Fsp3) is 1.00. The fourth-order valence-electron chi connectivity index (χ4n) is 9.05. The summed E-state index contributed by atoms with van der Waals surface area (Å²) in [6.07, 6.45) is 9.67. The first-order chi connectivity index (χ1) is 10.4. The highest BCUT2D eigenvalue weighted by atomic mass is 15.2. The summed E-state index contributed by atoms with van der Waals surface area (Å²) in [7, 11) is 0. The summed E-state index contributed by atoms with van der Waals surface area (Å²) >= 11 is 0. The van der Waals surface area contributed by atoms with Gasteiger partial charge in [-0.3, -0.25) is 0 Å². The molecule has 7 aliphatic rings. The highest BCUT2D eigenvalue weighted by Crippen LogP contribution is 2.81. The van der Waals surface area contributed by atoms with Gasteiger partial charge in [-0.1, -0.05) is 25.9 Å². The van der Waals surface area contributed by atoms with E-state index in [1.54, 1.807) is 0 Å². The van der Waals surface area contributed by atoms with E-state index in [1.807, 2.05) is 0 Å². The van der Waals surface area contributed by atoms with E-state index in [4.69, 9.17) is 5.53 Å². The van der Waals surface area contributed by atoms with Crippen molar-refractivity contribution in [1.29, 1.82) is 0 Å². The van der Waals surface area contributed by atoms with Crippen LogP contribution < -0.4 is 0 Å². The lowest BCUT2D eigenvalue weighted by Gasteiger charge is -2.79. The third kappa shape index (κ3) is 1.35. The monoisotopic (exact) mass is 299 g/mol. The molecule has 0 radical (unpaired) electrons. The highest BCUT2D eigenvalue weighted by molar-refractivity contribution is 5.24. The zero-order valence-corrected chi connectivity index (χ0v) is 14.3. The summed E-state index contributed by atoms with van der Waals surface area (Å²) < 4.78 is 0. The molecule has 0 aromatic heterocycles. The summed E-state index contributed by atoms with van der Waals surface area (Å²) in [6, 6.07) is 0.251. The van der Waals surface area contributed by atoms with Gasteiger partial charge in [0, 0.05) is 11.0 Å². The van der Waals surface area contributed by atoms with E-state index in [0.29, 0.717) is 16.2 Å². The molecular weight excluding hydrogens is 270 g/mol. The molecule has 0 N–H and O–H groups in total. The van der Waals surface area contributed by atoms with Crippen molar-refractivity contribution in [3.63, 3.8) is 0 Å². The molecule has 0 aromatic carbocycles. The van der Waals surface area contributed by atoms with Crippen molar-refractivity contribution in [1.82, 2.24) is 0 Å². The second-order valence-electron chi connectivity index (χ2n) is 10.3. The maximum absolute atomic E-state index is 9.17. The van der Waals surface area contributed by atoms with Crippen LogP contribution in [0.4, 0.5) is 0 Å². The Morgan fingerprint density at radius 1 is 1.00 bits per heavy atom. The zero-order valence-electron chi connectivity index (χ0n) is 14.3. The van der Waals surface area contributed by atoms with Crippen molar-refractivity contribution in [3.8, 4) is 0 Å². The van der Waals surface area contributed by atoms with Crippen LogP contribution in [0.15, 0.2) is 5.11 Å². The smallest absolute Gasteiger partial charge is 0.0433 e. The van der Waals surface area contributed by atoms with Crippen molar-refractivity contribution in [2.75, 3.05) is 0 Å². The molecule has 0 aromatic rings. The topological polar surface area (TPSA) is 48.8 Å². The summed E-state index contributed by atoms with van der Waals surface area (Å²) in [6.45, 7) is 7.36. The van der Waals surface area contributed by atoms with Gasteiger partial charge in [-0.15, -0.1) is 0 Å². The highest BCUT2D eigenvalue weighted by Gasteiger charge is 2.75. The van der Waals surface area contributed by atoms with Gasteiger partial charge in [0.2, 0.25) is 0 Å². The molecule has 8 bridgehead atoms. The van der Waals surface area contributed by atoms with E-state index in [9.17, 15) is 0 Å². The molecule has 7 rings (SSSR count). The first-order valence-electron chi connectivity index (χ1n) is 9.49. The van der Waals surface area contributed by atoms with E-state index < -0.39 is 0 Å². The van der Waals surface area contributed by atoms with Crippen molar-refractivity contribution in [2.24, 2.45) is 50.9 Å². The number of nitrogens with zero attached hydrogens (tertiary/aromatic N) is 3. The van der Waals surface area contributed by atoms with Crippen molar-refractivity contribution in [3.05, 3.63) is 10.4 Å². The van der Waals surface area contributed by atoms with E-state index >= 15 is 0 Å². The van der Waals surface area contributed by atoms with Crippen LogP contribution in [0.3, 0.4) is 0 Å². The zero-order chi connectivity index (χ0) is 15.3. The summed E-state index contributed by atoms with van der Waals surface area (Å²) in [5.74, 6) is 4.62. The van der Waals surface area contributed by atoms with E-state index in [1.165, 1.54) is 38.5 Å². The minimum absolute atomic E-state index is 0.251. The van der Waals surface area contributed by atoms with Crippen molar-refractivity contribution >= 4 is 0 Å². The Bertz CT molecular complexity index is 551. The molecule has 0 spiro atoms. The standard InChI is InChI=1S/C19H29N3/c1-4-16(21-22-20)19-10-18(3)6-12-11-5-17(2,8-14(12)19)9-15(19)13(11)7-18/h11-16H,4-10H2,1-3H3. The number of rotatable bonds is 3. The van der Waals surface area contributed by atoms with Gasteiger partial charge < -0.3 is 0 Å². The van der Waals surface area contributed by atoms with Crippen molar-refractivity contribution in [2.45, 2.75) is 71.8 Å². The van der Waals surface area contributed by atoms with Gasteiger partial charge in [-0.25, -0.2) is 0 Å². The molecule has 0 aliphatic heterocycles. The second-order valence-corrected chi connectivity index (χ2v) is 10.3. The van der Waals surface area contributed by atoms with Crippen LogP contribution in [-0.2, 0) is 0 Å². The van der Waals surface area contributed by atoms with Crippen LogP contribution in [0.5, 0.6) is 0 Å². The Hall–Kier alpha value is -0.690. The number of hydrogen-bond acceptors (Lipinski definition) is 1. The summed E-state index contributed by atoms with van der Waals surface area (Å²) in [4.78, 5) is 3.29. The van der Waals surface area contributed by atoms with Crippen LogP contribution >= 0.6 is 0 Å². The predicted octanol–water partition coefficient (Wildman–Crippen LogP) is 5.56. The Labute approximate surface area is 133 Å². The van der Waals surface area contributed by atoms with Gasteiger partial charge in [0.25, 0.3) is 0 Å². The third-order valence-electron chi connectivity index (χ3n) is 9.06. The van der Waals surface area contributed by atoms with Gasteiger partial charge in [-0.2, -0.15) is 0 Å². The maximum Gasteiger partial charge on any atom is 0.0433 e. The Kier molecular flexibility index (Phi) is 2.41. The van der Waals surface area contributed by atoms with Gasteiger partial charge in [-0.05, 0) is 96.3 Å². The quantitative estimate of drug-likeness (QED) is 0.372. The molecule has 7 aliphatic carbocycles.